The molecule has 5 fully saturated rings. The number of carbonyl (C=O) groups is 1. The van der Waals surface area contributed by atoms with Gasteiger partial charge >= 0.3 is 12.2 Å². The largest absolute Gasteiger partial charge is 0.433 e. The predicted octanol–water partition coefficient (Wildman–Crippen LogP) is 4.61. The van der Waals surface area contributed by atoms with Crippen LogP contribution in [0.2, 0.25) is 0 Å². The van der Waals surface area contributed by atoms with E-state index >= 15 is 0 Å². The van der Waals surface area contributed by atoms with Crippen molar-refractivity contribution in [2.24, 2.45) is 16.7 Å². The van der Waals surface area contributed by atoms with Gasteiger partial charge in [0, 0.05) is 55.0 Å². The number of hydrogen-bond acceptors (Lipinski definition) is 5. The van der Waals surface area contributed by atoms with Crippen LogP contribution in [-0.2, 0) is 12.6 Å². The second-order valence-corrected chi connectivity index (χ2v) is 12.6. The molecule has 5 aliphatic rings. The van der Waals surface area contributed by atoms with E-state index in [4.69, 9.17) is 0 Å². The van der Waals surface area contributed by atoms with Crippen LogP contribution in [0.25, 0.3) is 0 Å². The molecule has 2 aromatic rings. The fraction of sp³-hybridized carbons (Fsp3) is 0.667. The zero-order valence-corrected chi connectivity index (χ0v) is 21.1. The maximum atomic E-state index is 13.1. The van der Waals surface area contributed by atoms with E-state index in [-0.39, 0.29) is 28.3 Å². The van der Waals surface area contributed by atoms with Crippen LogP contribution in [0, 0.1) is 28.1 Å². The summed E-state index contributed by atoms with van der Waals surface area (Å²) < 4.78 is 38.9. The van der Waals surface area contributed by atoms with Crippen molar-refractivity contribution >= 4 is 6.03 Å². The highest BCUT2D eigenvalue weighted by Crippen LogP contribution is 2.56. The highest BCUT2D eigenvalue weighted by Gasteiger charge is 2.57. The molecule has 3 aliphatic carbocycles. The Kier molecular flexibility index (Phi) is 5.14. The monoisotopic (exact) mass is 525 g/mol. The number of nitrogens with zero attached hydrogens (tertiary/aromatic N) is 6. The molecule has 200 valence electrons. The van der Waals surface area contributed by atoms with Gasteiger partial charge in [0.25, 0.3) is 0 Å². The Morgan fingerprint density at radius 3 is 2.32 bits per heavy atom. The summed E-state index contributed by atoms with van der Waals surface area (Å²) in [5, 5.41) is 18.0. The molecule has 1 N–H and O–H groups in total. The van der Waals surface area contributed by atoms with Gasteiger partial charge in [-0.1, -0.05) is 0 Å². The molecule has 0 radical (unpaired) electrons. The quantitative estimate of drug-likeness (QED) is 0.628. The van der Waals surface area contributed by atoms with E-state index in [1.54, 1.807) is 0 Å². The molecule has 7 rings (SSSR count). The minimum Gasteiger partial charge on any atom is -0.328 e. The second-order valence-electron chi connectivity index (χ2n) is 12.6. The van der Waals surface area contributed by atoms with Crippen LogP contribution in [0.1, 0.15) is 85.3 Å². The lowest BCUT2D eigenvalue weighted by Gasteiger charge is -2.60. The summed E-state index contributed by atoms with van der Waals surface area (Å²) in [6.07, 6.45) is 4.61. The van der Waals surface area contributed by atoms with Gasteiger partial charge in [-0.2, -0.15) is 18.4 Å². The van der Waals surface area contributed by atoms with Gasteiger partial charge in [-0.3, -0.25) is 4.98 Å². The molecular weight excluding hydrogens is 495 g/mol. The Bertz CT molecular complexity index is 1310. The minimum absolute atomic E-state index is 0.0512. The average molecular weight is 526 g/mol. The molecule has 2 amide bonds. The maximum absolute atomic E-state index is 13.1. The first-order valence-corrected chi connectivity index (χ1v) is 13.6. The Morgan fingerprint density at radius 1 is 1.03 bits per heavy atom. The Balaban J connectivity index is 0.882. The molecule has 1 atom stereocenters. The van der Waals surface area contributed by atoms with E-state index in [0.29, 0.717) is 23.8 Å². The number of alkyl halides is 3. The number of halogens is 3. The molecule has 2 saturated heterocycles. The molecule has 8 nitrogen and oxygen atoms in total. The summed E-state index contributed by atoms with van der Waals surface area (Å²) in [6, 6.07) is 2.89. The topological polar surface area (TPSA) is 102 Å². The molecule has 38 heavy (non-hydrogen) atoms. The number of H-pyrrole nitrogens is 1. The third-order valence-corrected chi connectivity index (χ3v) is 9.59. The summed E-state index contributed by atoms with van der Waals surface area (Å²) in [5.41, 5.74) is -0.0620. The van der Waals surface area contributed by atoms with Crippen LogP contribution >= 0.6 is 0 Å². The number of aromatic nitrogens is 4. The van der Waals surface area contributed by atoms with Crippen LogP contribution in [-0.4, -0.2) is 62.2 Å². The van der Waals surface area contributed by atoms with Crippen molar-refractivity contribution in [3.8, 4) is 6.07 Å². The van der Waals surface area contributed by atoms with Gasteiger partial charge in [0.1, 0.15) is 17.3 Å². The average Bonchev–Trinajstić information content (AvgIpc) is 3.38. The highest BCUT2D eigenvalue weighted by atomic mass is 19.4. The van der Waals surface area contributed by atoms with Gasteiger partial charge in [0.2, 0.25) is 0 Å². The van der Waals surface area contributed by atoms with Crippen molar-refractivity contribution in [2.75, 3.05) is 26.2 Å². The Hall–Kier alpha value is -3.16. The van der Waals surface area contributed by atoms with Crippen molar-refractivity contribution in [2.45, 2.75) is 69.4 Å². The molecular formula is C27H30F3N7O. The first-order chi connectivity index (χ1) is 18.1. The fourth-order valence-electron chi connectivity index (χ4n) is 7.45. The summed E-state index contributed by atoms with van der Waals surface area (Å²) in [7, 11) is 0. The van der Waals surface area contributed by atoms with Crippen LogP contribution in [0.3, 0.4) is 0 Å². The van der Waals surface area contributed by atoms with Crippen LogP contribution in [0.4, 0.5) is 18.0 Å². The Morgan fingerprint density at radius 2 is 1.68 bits per heavy atom. The van der Waals surface area contributed by atoms with Crippen molar-refractivity contribution in [1.82, 2.24) is 30.0 Å². The van der Waals surface area contributed by atoms with E-state index < -0.39 is 11.9 Å². The number of nitriles is 1. The number of likely N-dealkylation sites (tertiary alicyclic amines) is 2. The number of nitrogens with one attached hydrogen (secondary N) is 1. The minimum atomic E-state index is -4.56. The summed E-state index contributed by atoms with van der Waals surface area (Å²) in [4.78, 5) is 24.0. The van der Waals surface area contributed by atoms with Gasteiger partial charge < -0.3 is 14.8 Å². The number of rotatable bonds is 4. The zero-order chi connectivity index (χ0) is 26.3. The number of carbonyl (C=O) groups excluding carboxylic acids is 1. The Labute approximate surface area is 218 Å². The predicted molar refractivity (Wildman–Crippen MR) is 129 cm³/mol. The van der Waals surface area contributed by atoms with E-state index in [9.17, 15) is 23.2 Å². The molecule has 11 heteroatoms. The van der Waals surface area contributed by atoms with E-state index in [1.807, 2.05) is 15.9 Å². The summed E-state index contributed by atoms with van der Waals surface area (Å²) in [5.74, 6) is 3.34. The molecule has 2 spiro atoms. The van der Waals surface area contributed by atoms with Crippen molar-refractivity contribution in [3.05, 3.63) is 40.7 Å². The lowest BCUT2D eigenvalue weighted by Crippen LogP contribution is -2.69. The molecule has 2 aliphatic heterocycles. The molecule has 3 saturated carbocycles. The summed E-state index contributed by atoms with van der Waals surface area (Å²) >= 11 is 0. The van der Waals surface area contributed by atoms with Gasteiger partial charge in [-0.15, -0.1) is 10.2 Å². The van der Waals surface area contributed by atoms with Crippen molar-refractivity contribution in [1.29, 1.82) is 5.26 Å². The number of pyridine rings is 1. The fourth-order valence-corrected chi connectivity index (χ4v) is 7.45. The smallest absolute Gasteiger partial charge is 0.328 e. The maximum Gasteiger partial charge on any atom is 0.433 e. The van der Waals surface area contributed by atoms with E-state index in [2.05, 4.69) is 20.2 Å². The highest BCUT2D eigenvalue weighted by molar-refractivity contribution is 5.77. The number of hydrogen-bond donors (Lipinski definition) is 1. The van der Waals surface area contributed by atoms with Crippen molar-refractivity contribution < 1.29 is 18.0 Å². The van der Waals surface area contributed by atoms with Gasteiger partial charge in [-0.25, -0.2) is 4.79 Å². The van der Waals surface area contributed by atoms with Gasteiger partial charge in [0.15, 0.2) is 0 Å². The molecule has 0 aromatic carbocycles. The normalized spacial score (nSPS) is 25.7. The third kappa shape index (κ3) is 4.03. The van der Waals surface area contributed by atoms with E-state index in [1.165, 1.54) is 19.0 Å². The number of amides is 2. The van der Waals surface area contributed by atoms with Crippen LogP contribution < -0.4 is 0 Å². The molecule has 2 aromatic heterocycles. The van der Waals surface area contributed by atoms with Crippen molar-refractivity contribution in [3.63, 3.8) is 0 Å². The zero-order valence-electron chi connectivity index (χ0n) is 21.1. The molecule has 0 unspecified atom stereocenters. The first-order valence-electron chi connectivity index (χ1n) is 13.6. The lowest BCUT2D eigenvalue weighted by atomic mass is 9.57. The lowest BCUT2D eigenvalue weighted by molar-refractivity contribution is -0.141. The summed E-state index contributed by atoms with van der Waals surface area (Å²) in [6.45, 7) is 3.12. The molecule has 0 bridgehead atoms. The number of urea groups is 1. The van der Waals surface area contributed by atoms with E-state index in [0.717, 1.165) is 76.0 Å². The van der Waals surface area contributed by atoms with Gasteiger partial charge in [0.05, 0.1) is 11.6 Å². The standard InChI is InChI=1S/C27H30F3N7O/c28-27(29,30)21-6-18(10-31)19(11-32-21)5-16-3-4-25(7-16)12-36(13-25)24(38)37-14-26(15-37)8-20(9-26)23-33-22(34-35-23)17-1-2-17/h6,11,16-17,20H,1-5,7-9,12-15H2,(H,33,34,35)/t16-/m0/s1. The van der Waals surface area contributed by atoms with Crippen LogP contribution in [0.15, 0.2) is 12.3 Å². The second kappa shape index (κ2) is 8.17. The van der Waals surface area contributed by atoms with Gasteiger partial charge in [-0.05, 0) is 68.9 Å². The van der Waals surface area contributed by atoms with Crippen LogP contribution in [0.5, 0.6) is 0 Å². The number of aromatic amines is 1. The third-order valence-electron chi connectivity index (χ3n) is 9.59. The SMILES string of the molecule is N#Cc1cc(C(F)(F)F)ncc1C[C@@H]1CCC2(C1)CN(C(=O)N1CC3(CC(c4nnc(C5CC5)[nH]4)C3)C1)C2. The first kappa shape index (κ1) is 23.9. The molecule has 4 heterocycles.